The minimum Gasteiger partial charge on any atom is -0.379 e. The Kier molecular flexibility index (Phi) is 9.05. The molecule has 0 aliphatic carbocycles. The summed E-state index contributed by atoms with van der Waals surface area (Å²) >= 11 is 0. The number of aromatic nitrogens is 1. The Hall–Kier alpha value is -3.97. The van der Waals surface area contributed by atoms with Crippen LogP contribution in [0.5, 0.6) is 0 Å². The molecule has 0 N–H and O–H groups in total. The van der Waals surface area contributed by atoms with E-state index in [4.69, 9.17) is 4.74 Å². The van der Waals surface area contributed by atoms with Crippen LogP contribution < -0.4 is 14.7 Å². The zero-order chi connectivity index (χ0) is 33.6. The average molecular weight is 655 g/mol. The van der Waals surface area contributed by atoms with Gasteiger partial charge < -0.3 is 24.3 Å². The number of aryl methyl sites for hydroxylation is 2. The second-order valence-corrected chi connectivity index (χ2v) is 13.2. The van der Waals surface area contributed by atoms with E-state index in [0.717, 1.165) is 46.8 Å². The van der Waals surface area contributed by atoms with Crippen molar-refractivity contribution in [3.05, 3.63) is 58.8 Å². The molecule has 2 aromatic rings. The third-order valence-electron chi connectivity index (χ3n) is 9.60. The summed E-state index contributed by atoms with van der Waals surface area (Å²) in [6.45, 7) is 8.06. The smallest absolute Gasteiger partial charge is 0.379 e. The van der Waals surface area contributed by atoms with Gasteiger partial charge >= 0.3 is 6.18 Å². The van der Waals surface area contributed by atoms with E-state index in [1.165, 1.54) is 11.8 Å². The summed E-state index contributed by atoms with van der Waals surface area (Å²) in [5, 5.41) is 0. The van der Waals surface area contributed by atoms with E-state index in [9.17, 15) is 27.6 Å². The van der Waals surface area contributed by atoms with Crippen molar-refractivity contribution in [2.45, 2.75) is 38.9 Å². The molecule has 0 spiro atoms. The van der Waals surface area contributed by atoms with Crippen LogP contribution in [0.1, 0.15) is 29.7 Å². The standard InChI is InChI=1S/C34H41F3N6O4/c1-21-7-5-9-27-30(21)41(11-12-47-20-23-16-42(17-23)32(45)24-8-6-10-39(3)18-24)19-25-14-29(44)43(31(25)33(46)40(27)4)28-15-26(34(35,36)37)13-22(2)38-28/h5,7-9,13,15,23,25,31H,6,10-12,14,16-20H2,1-4H3/t25-,31+/m1/s1. The molecule has 10 nitrogen and oxygen atoms in total. The Morgan fingerprint density at radius 2 is 1.85 bits per heavy atom. The Labute approximate surface area is 272 Å². The van der Waals surface area contributed by atoms with Crippen molar-refractivity contribution in [2.24, 2.45) is 11.8 Å². The van der Waals surface area contributed by atoms with Crippen LogP contribution in [-0.2, 0) is 25.3 Å². The van der Waals surface area contributed by atoms with Gasteiger partial charge in [0.15, 0.2) is 0 Å². The van der Waals surface area contributed by atoms with Gasteiger partial charge in [-0.2, -0.15) is 13.2 Å². The number of likely N-dealkylation sites (N-methyl/N-ethyl adjacent to an activating group) is 2. The fraction of sp³-hybridized carbons (Fsp3) is 0.529. The molecule has 4 aliphatic rings. The number of carbonyl (C=O) groups is 3. The van der Waals surface area contributed by atoms with Crippen LogP contribution in [0.4, 0.5) is 30.4 Å². The molecular formula is C34H41F3N6O4. The number of carbonyl (C=O) groups excluding carboxylic acids is 3. The number of fused-ring (bicyclic) bond motifs is 2. The van der Waals surface area contributed by atoms with E-state index in [1.54, 1.807) is 7.05 Å². The highest BCUT2D eigenvalue weighted by Crippen LogP contribution is 2.41. The number of amides is 3. The van der Waals surface area contributed by atoms with Gasteiger partial charge in [0, 0.05) is 75.8 Å². The van der Waals surface area contributed by atoms with E-state index >= 15 is 0 Å². The molecule has 47 heavy (non-hydrogen) atoms. The number of ether oxygens (including phenoxy) is 1. The van der Waals surface area contributed by atoms with Crippen LogP contribution in [0.15, 0.2) is 42.0 Å². The second kappa shape index (κ2) is 12.9. The minimum atomic E-state index is -4.63. The Balaban J connectivity index is 1.16. The second-order valence-electron chi connectivity index (χ2n) is 13.2. The van der Waals surface area contributed by atoms with Crippen LogP contribution in [0, 0.1) is 25.7 Å². The predicted molar refractivity (Wildman–Crippen MR) is 171 cm³/mol. The van der Waals surface area contributed by atoms with Gasteiger partial charge in [-0.1, -0.05) is 18.2 Å². The number of para-hydroxylation sites is 1. The summed E-state index contributed by atoms with van der Waals surface area (Å²) in [4.78, 5) is 53.4. The molecule has 2 atom stereocenters. The van der Waals surface area contributed by atoms with Gasteiger partial charge in [-0.05, 0) is 51.1 Å². The topological polar surface area (TPSA) is 89.5 Å². The predicted octanol–water partition coefficient (Wildman–Crippen LogP) is 3.66. The van der Waals surface area contributed by atoms with Crippen molar-refractivity contribution in [2.75, 3.05) is 81.3 Å². The Bertz CT molecular complexity index is 1590. The lowest BCUT2D eigenvalue weighted by Gasteiger charge is -2.41. The summed E-state index contributed by atoms with van der Waals surface area (Å²) in [5.41, 5.74) is 2.50. The molecule has 5 heterocycles. The fourth-order valence-corrected chi connectivity index (χ4v) is 7.22. The lowest BCUT2D eigenvalue weighted by atomic mass is 9.95. The molecule has 1 aromatic heterocycles. The summed E-state index contributed by atoms with van der Waals surface area (Å²) in [6.07, 6.45) is -1.70. The maximum Gasteiger partial charge on any atom is 0.416 e. The van der Waals surface area contributed by atoms with E-state index < -0.39 is 29.6 Å². The number of likely N-dealkylation sites (tertiary alicyclic amines) is 1. The SMILES string of the molecule is Cc1cc(C(F)(F)F)cc(N2C(=O)C[C@@H]3CN(CCOCC4CN(C(=O)C5=CCCN(C)C5)C4)c4c(C)cccc4N(C)C(=O)[C@H]32)n1. The zero-order valence-electron chi connectivity index (χ0n) is 27.2. The number of pyridine rings is 1. The summed E-state index contributed by atoms with van der Waals surface area (Å²) in [7, 11) is 3.65. The van der Waals surface area contributed by atoms with Crippen molar-refractivity contribution in [1.82, 2.24) is 14.8 Å². The van der Waals surface area contributed by atoms with Gasteiger partial charge in [-0.25, -0.2) is 4.98 Å². The van der Waals surface area contributed by atoms with Gasteiger partial charge in [0.2, 0.25) is 11.8 Å². The van der Waals surface area contributed by atoms with Crippen molar-refractivity contribution >= 4 is 34.9 Å². The van der Waals surface area contributed by atoms with Gasteiger partial charge in [0.25, 0.3) is 5.91 Å². The van der Waals surface area contributed by atoms with Crippen LogP contribution in [0.3, 0.4) is 0 Å². The molecule has 2 saturated heterocycles. The molecule has 13 heteroatoms. The number of halogens is 3. The molecule has 0 bridgehead atoms. The number of hydrogen-bond acceptors (Lipinski definition) is 7. The molecule has 0 saturated carbocycles. The Morgan fingerprint density at radius 3 is 2.57 bits per heavy atom. The van der Waals surface area contributed by atoms with Gasteiger partial charge in [0.1, 0.15) is 11.9 Å². The number of rotatable bonds is 7. The lowest BCUT2D eigenvalue weighted by molar-refractivity contribution is -0.138. The first kappa shape index (κ1) is 33.0. The van der Waals surface area contributed by atoms with E-state index in [1.807, 2.05) is 43.1 Å². The highest BCUT2D eigenvalue weighted by molar-refractivity contribution is 6.10. The number of anilines is 3. The largest absolute Gasteiger partial charge is 0.416 e. The maximum atomic E-state index is 14.0. The number of alkyl halides is 3. The highest BCUT2D eigenvalue weighted by atomic mass is 19.4. The van der Waals surface area contributed by atoms with Crippen LogP contribution in [-0.4, -0.2) is 105 Å². The number of nitrogens with zero attached hydrogens (tertiary/aromatic N) is 6. The van der Waals surface area contributed by atoms with Crippen molar-refractivity contribution in [3.63, 3.8) is 0 Å². The van der Waals surface area contributed by atoms with Crippen LogP contribution in [0.2, 0.25) is 0 Å². The quantitative estimate of drug-likeness (QED) is 0.422. The summed E-state index contributed by atoms with van der Waals surface area (Å²) < 4.78 is 47.2. The molecule has 4 aliphatic heterocycles. The normalized spacial score (nSPS) is 22.5. The van der Waals surface area contributed by atoms with Gasteiger partial charge in [-0.3, -0.25) is 19.3 Å². The molecule has 2 fully saturated rings. The third kappa shape index (κ3) is 6.60. The number of hydrogen-bond donors (Lipinski definition) is 0. The molecule has 6 rings (SSSR count). The molecule has 0 radical (unpaired) electrons. The average Bonchev–Trinajstić information content (AvgIpc) is 3.32. The first-order chi connectivity index (χ1) is 22.3. The van der Waals surface area contributed by atoms with Crippen molar-refractivity contribution in [1.29, 1.82) is 0 Å². The monoisotopic (exact) mass is 654 g/mol. The zero-order valence-corrected chi connectivity index (χ0v) is 27.2. The highest BCUT2D eigenvalue weighted by Gasteiger charge is 2.49. The number of benzene rings is 1. The van der Waals surface area contributed by atoms with Gasteiger partial charge in [0.05, 0.1) is 30.2 Å². The third-order valence-corrected chi connectivity index (χ3v) is 9.60. The van der Waals surface area contributed by atoms with E-state index in [-0.39, 0.29) is 35.7 Å². The first-order valence-electron chi connectivity index (χ1n) is 16.1. The van der Waals surface area contributed by atoms with Crippen LogP contribution in [0.25, 0.3) is 0 Å². The summed E-state index contributed by atoms with van der Waals surface area (Å²) in [6, 6.07) is 6.42. The van der Waals surface area contributed by atoms with E-state index in [0.29, 0.717) is 51.6 Å². The van der Waals surface area contributed by atoms with Gasteiger partial charge in [-0.15, -0.1) is 0 Å². The van der Waals surface area contributed by atoms with Crippen LogP contribution >= 0.6 is 0 Å². The Morgan fingerprint density at radius 1 is 1.09 bits per heavy atom. The summed E-state index contributed by atoms with van der Waals surface area (Å²) in [5.74, 6) is -1.12. The molecular weight excluding hydrogens is 613 g/mol. The maximum absolute atomic E-state index is 14.0. The molecule has 3 amide bonds. The van der Waals surface area contributed by atoms with E-state index in [2.05, 4.69) is 14.8 Å². The molecule has 1 aromatic carbocycles. The van der Waals surface area contributed by atoms with Crippen molar-refractivity contribution in [3.8, 4) is 0 Å². The molecule has 252 valence electrons. The molecule has 0 unspecified atom stereocenters. The lowest BCUT2D eigenvalue weighted by Crippen LogP contribution is -2.53. The minimum absolute atomic E-state index is 0.00203. The van der Waals surface area contributed by atoms with Crippen molar-refractivity contribution < 1.29 is 32.3 Å². The fourth-order valence-electron chi connectivity index (χ4n) is 7.22. The first-order valence-corrected chi connectivity index (χ1v) is 16.1.